The fraction of sp³-hybridized carbons (Fsp3) is 0.588. The highest BCUT2D eigenvalue weighted by Crippen LogP contribution is 2.48. The first-order valence-corrected chi connectivity index (χ1v) is 7.78. The molecular formula is C17H20O6. The molecule has 23 heavy (non-hydrogen) atoms. The summed E-state index contributed by atoms with van der Waals surface area (Å²) in [4.78, 5) is 35.9. The van der Waals surface area contributed by atoms with Gasteiger partial charge in [-0.3, -0.25) is 14.4 Å². The molecule has 6 nitrogen and oxygen atoms in total. The number of hydrogen-bond donors (Lipinski definition) is 1. The molecular weight excluding hydrogens is 300 g/mol. The number of fused-ring (bicyclic) bond motifs is 3. The summed E-state index contributed by atoms with van der Waals surface area (Å²) in [7, 11) is 0. The van der Waals surface area contributed by atoms with Crippen molar-refractivity contribution < 1.29 is 29.0 Å². The van der Waals surface area contributed by atoms with Gasteiger partial charge < -0.3 is 14.6 Å². The molecule has 0 aromatic heterocycles. The van der Waals surface area contributed by atoms with Crippen LogP contribution in [0, 0.1) is 17.8 Å². The van der Waals surface area contributed by atoms with Crippen LogP contribution in [0.15, 0.2) is 22.8 Å². The van der Waals surface area contributed by atoms with Crippen LogP contribution in [0.3, 0.4) is 0 Å². The molecule has 0 aromatic carbocycles. The van der Waals surface area contributed by atoms with E-state index < -0.39 is 24.1 Å². The van der Waals surface area contributed by atoms with Gasteiger partial charge in [-0.2, -0.15) is 0 Å². The van der Waals surface area contributed by atoms with Crippen molar-refractivity contribution in [3.05, 3.63) is 22.8 Å². The standard InChI is InChI=1S/C17H20O6/c1-7-4-11(20)15-10(6-18)5-12(22-9(3)19)14-8(2)17(21)23-16(14)13(7)15/h4,8,12-14,16,18H,5-6H2,1-3H3. The van der Waals surface area contributed by atoms with Crippen molar-refractivity contribution in [2.75, 3.05) is 6.61 Å². The van der Waals surface area contributed by atoms with E-state index in [1.165, 1.54) is 13.0 Å². The zero-order valence-electron chi connectivity index (χ0n) is 13.4. The van der Waals surface area contributed by atoms with Gasteiger partial charge in [-0.25, -0.2) is 0 Å². The molecule has 1 N–H and O–H groups in total. The Morgan fingerprint density at radius 2 is 2.13 bits per heavy atom. The fourth-order valence-electron chi connectivity index (χ4n) is 4.13. The molecule has 0 aromatic rings. The maximum absolute atomic E-state index is 12.3. The highest BCUT2D eigenvalue weighted by molar-refractivity contribution is 6.09. The number of aliphatic hydroxyl groups excluding tert-OH is 1. The van der Waals surface area contributed by atoms with Gasteiger partial charge in [0, 0.05) is 30.8 Å². The van der Waals surface area contributed by atoms with Crippen molar-refractivity contribution in [1.29, 1.82) is 0 Å². The number of rotatable bonds is 2. The molecule has 5 unspecified atom stereocenters. The lowest BCUT2D eigenvalue weighted by molar-refractivity contribution is -0.150. The molecule has 0 radical (unpaired) electrons. The van der Waals surface area contributed by atoms with Crippen molar-refractivity contribution in [3.8, 4) is 0 Å². The predicted molar refractivity (Wildman–Crippen MR) is 79.1 cm³/mol. The predicted octanol–water partition coefficient (Wildman–Crippen LogP) is 0.934. The lowest BCUT2D eigenvalue weighted by Crippen LogP contribution is -2.37. The van der Waals surface area contributed by atoms with E-state index in [4.69, 9.17) is 9.47 Å². The highest BCUT2D eigenvalue weighted by atomic mass is 16.6. The van der Waals surface area contributed by atoms with Crippen LogP contribution in [0.1, 0.15) is 27.2 Å². The van der Waals surface area contributed by atoms with Crippen molar-refractivity contribution in [1.82, 2.24) is 0 Å². The minimum atomic E-state index is -0.584. The zero-order chi connectivity index (χ0) is 16.9. The van der Waals surface area contributed by atoms with Crippen molar-refractivity contribution in [2.24, 2.45) is 17.8 Å². The number of ketones is 1. The van der Waals surface area contributed by atoms with Crippen LogP contribution < -0.4 is 0 Å². The molecule has 1 fully saturated rings. The Morgan fingerprint density at radius 1 is 1.43 bits per heavy atom. The monoisotopic (exact) mass is 320 g/mol. The van der Waals surface area contributed by atoms with Crippen LogP contribution in [-0.2, 0) is 23.9 Å². The molecule has 1 heterocycles. The number of aliphatic hydroxyl groups is 1. The molecule has 3 rings (SSSR count). The first-order valence-electron chi connectivity index (χ1n) is 7.78. The number of esters is 2. The molecule has 0 saturated carbocycles. The van der Waals surface area contributed by atoms with Gasteiger partial charge in [0.2, 0.25) is 0 Å². The molecule has 5 atom stereocenters. The molecule has 6 heteroatoms. The number of ether oxygens (including phenoxy) is 2. The number of carbonyl (C=O) groups excluding carboxylic acids is 3. The smallest absolute Gasteiger partial charge is 0.309 e. The normalized spacial score (nSPS) is 36.2. The van der Waals surface area contributed by atoms with Gasteiger partial charge >= 0.3 is 11.9 Å². The minimum Gasteiger partial charge on any atom is -0.462 e. The van der Waals surface area contributed by atoms with E-state index in [1.807, 2.05) is 6.92 Å². The second kappa shape index (κ2) is 5.60. The first kappa shape index (κ1) is 15.9. The number of hydrogen-bond acceptors (Lipinski definition) is 6. The summed E-state index contributed by atoms with van der Waals surface area (Å²) in [5, 5.41) is 9.72. The summed E-state index contributed by atoms with van der Waals surface area (Å²) in [6.07, 6.45) is 0.662. The van der Waals surface area contributed by atoms with E-state index in [-0.39, 0.29) is 36.6 Å². The lowest BCUT2D eigenvalue weighted by atomic mass is 9.79. The molecule has 3 aliphatic rings. The van der Waals surface area contributed by atoms with Gasteiger partial charge in [0.15, 0.2) is 5.78 Å². The van der Waals surface area contributed by atoms with Crippen LogP contribution in [0.2, 0.25) is 0 Å². The molecule has 0 spiro atoms. The Morgan fingerprint density at radius 3 is 2.74 bits per heavy atom. The number of allylic oxidation sites excluding steroid dienone is 1. The van der Waals surface area contributed by atoms with Gasteiger partial charge in [-0.05, 0) is 18.6 Å². The summed E-state index contributed by atoms with van der Waals surface area (Å²) in [5.41, 5.74) is 1.88. The van der Waals surface area contributed by atoms with E-state index in [0.717, 1.165) is 5.57 Å². The van der Waals surface area contributed by atoms with Crippen LogP contribution in [0.4, 0.5) is 0 Å². The van der Waals surface area contributed by atoms with Gasteiger partial charge in [0.25, 0.3) is 0 Å². The van der Waals surface area contributed by atoms with E-state index in [0.29, 0.717) is 11.1 Å². The van der Waals surface area contributed by atoms with Crippen LogP contribution in [0.25, 0.3) is 0 Å². The maximum Gasteiger partial charge on any atom is 0.309 e. The second-order valence-electron chi connectivity index (χ2n) is 6.53. The van der Waals surface area contributed by atoms with Crippen molar-refractivity contribution in [3.63, 3.8) is 0 Å². The van der Waals surface area contributed by atoms with Crippen molar-refractivity contribution in [2.45, 2.75) is 39.4 Å². The third kappa shape index (κ3) is 2.41. The topological polar surface area (TPSA) is 89.9 Å². The first-order chi connectivity index (χ1) is 10.8. The van der Waals surface area contributed by atoms with E-state index in [2.05, 4.69) is 0 Å². The third-order valence-electron chi connectivity index (χ3n) is 5.10. The molecule has 1 saturated heterocycles. The van der Waals surface area contributed by atoms with Gasteiger partial charge in [0.05, 0.1) is 12.5 Å². The Bertz CT molecular complexity index is 643. The quantitative estimate of drug-likeness (QED) is 0.761. The maximum atomic E-state index is 12.3. The summed E-state index contributed by atoms with van der Waals surface area (Å²) < 4.78 is 11.0. The Balaban J connectivity index is 2.11. The molecule has 0 amide bonds. The number of carbonyl (C=O) groups is 3. The second-order valence-corrected chi connectivity index (χ2v) is 6.53. The Hall–Kier alpha value is -1.95. The third-order valence-corrected chi connectivity index (χ3v) is 5.10. The van der Waals surface area contributed by atoms with Gasteiger partial charge in [-0.15, -0.1) is 0 Å². The van der Waals surface area contributed by atoms with Crippen LogP contribution in [0.5, 0.6) is 0 Å². The van der Waals surface area contributed by atoms with E-state index >= 15 is 0 Å². The van der Waals surface area contributed by atoms with Gasteiger partial charge in [0.1, 0.15) is 12.2 Å². The van der Waals surface area contributed by atoms with Gasteiger partial charge in [-0.1, -0.05) is 12.5 Å². The van der Waals surface area contributed by atoms with Crippen molar-refractivity contribution >= 4 is 17.7 Å². The average molecular weight is 320 g/mol. The molecule has 2 aliphatic carbocycles. The SMILES string of the molecule is CC(=O)OC1CC(CO)=C2C(=O)C=C(C)C2C2OC(=O)C(C)C12. The Labute approximate surface area is 134 Å². The Kier molecular flexibility index (Phi) is 3.88. The van der Waals surface area contributed by atoms with E-state index in [1.54, 1.807) is 6.92 Å². The lowest BCUT2D eigenvalue weighted by Gasteiger charge is -2.29. The summed E-state index contributed by atoms with van der Waals surface area (Å²) in [5.74, 6) is -2.06. The highest BCUT2D eigenvalue weighted by Gasteiger charge is 2.55. The molecule has 124 valence electrons. The average Bonchev–Trinajstić information content (AvgIpc) is 2.86. The zero-order valence-corrected chi connectivity index (χ0v) is 13.4. The molecule has 0 bridgehead atoms. The summed E-state index contributed by atoms with van der Waals surface area (Å²) >= 11 is 0. The van der Waals surface area contributed by atoms with Crippen LogP contribution in [-0.4, -0.2) is 41.6 Å². The summed E-state index contributed by atoms with van der Waals surface area (Å²) in [6.45, 7) is 4.61. The summed E-state index contributed by atoms with van der Waals surface area (Å²) in [6, 6.07) is 0. The molecule has 1 aliphatic heterocycles. The fourth-order valence-corrected chi connectivity index (χ4v) is 4.13. The largest absolute Gasteiger partial charge is 0.462 e. The van der Waals surface area contributed by atoms with E-state index in [9.17, 15) is 19.5 Å². The van der Waals surface area contributed by atoms with Crippen LogP contribution >= 0.6 is 0 Å². The minimum absolute atomic E-state index is 0.158.